The Balaban J connectivity index is 0. The third-order valence-electron chi connectivity index (χ3n) is 0.762. The van der Waals surface area contributed by atoms with Crippen LogP contribution >= 0.6 is 12.4 Å². The van der Waals surface area contributed by atoms with Gasteiger partial charge in [-0.05, 0) is 0 Å². The van der Waals surface area contributed by atoms with Gasteiger partial charge >= 0.3 is 20.4 Å². The molecule has 2 heteroatoms. The van der Waals surface area contributed by atoms with Gasteiger partial charge in [0.25, 0.3) is 0 Å². The average Bonchev–Trinajstić information content (AvgIpc) is 1.61. The molecule has 0 nitrogen and oxygen atoms in total. The Morgan fingerprint density at radius 2 is 2.29 bits per heavy atom. The molecule has 0 aromatic heterocycles. The summed E-state index contributed by atoms with van der Waals surface area (Å²) in [5.74, 6) is 0. The normalized spacial score (nSPS) is 5.86. The molecule has 0 aliphatic rings. The van der Waals surface area contributed by atoms with Gasteiger partial charge in [0.2, 0.25) is 0 Å². The number of hydrogen-bond donors (Lipinski definition) is 0. The SMILES string of the molecule is C=C[CH2][Mg][CH2]C.Cl. The fourth-order valence-corrected chi connectivity index (χ4v) is 1.05. The maximum absolute atomic E-state index is 3.63. The minimum atomic E-state index is 0. The number of hydrogen-bond acceptors (Lipinski definition) is 0. The molecule has 0 saturated carbocycles. The fourth-order valence-electron chi connectivity index (χ4n) is 0.348. The fraction of sp³-hybridized carbons (Fsp3) is 0.600. The molecule has 0 aliphatic heterocycles. The summed E-state index contributed by atoms with van der Waals surface area (Å²) in [5, 5.41) is 0. The van der Waals surface area contributed by atoms with E-state index >= 15 is 0 Å². The molecular formula is C5H11ClMg. The van der Waals surface area contributed by atoms with Crippen molar-refractivity contribution in [2.75, 3.05) is 0 Å². The molecule has 0 aromatic carbocycles. The zero-order valence-corrected chi connectivity index (χ0v) is 7.04. The molecule has 0 N–H and O–H groups in total. The van der Waals surface area contributed by atoms with Crippen molar-refractivity contribution in [3.63, 3.8) is 0 Å². The zero-order valence-electron chi connectivity index (χ0n) is 4.81. The van der Waals surface area contributed by atoms with Crippen molar-refractivity contribution in [2.24, 2.45) is 0 Å². The molecule has 0 aliphatic carbocycles. The van der Waals surface area contributed by atoms with Crippen LogP contribution in [0.5, 0.6) is 0 Å². The van der Waals surface area contributed by atoms with E-state index in [0.717, 1.165) is 0 Å². The van der Waals surface area contributed by atoms with Crippen molar-refractivity contribution in [3.05, 3.63) is 12.7 Å². The summed E-state index contributed by atoms with van der Waals surface area (Å²) >= 11 is 0.304. The average molecular weight is 131 g/mol. The second kappa shape index (κ2) is 9.93. The molecule has 0 unspecified atom stereocenters. The molecule has 0 saturated heterocycles. The predicted octanol–water partition coefficient (Wildman–Crippen LogP) is 2.15. The van der Waals surface area contributed by atoms with Crippen LogP contribution in [0.3, 0.4) is 0 Å². The molecular weight excluding hydrogens is 120 g/mol. The number of allylic oxidation sites excluding steroid dienone is 1. The summed E-state index contributed by atoms with van der Waals surface area (Å²) < 4.78 is 2.74. The van der Waals surface area contributed by atoms with E-state index in [2.05, 4.69) is 13.5 Å². The second-order valence-electron chi connectivity index (χ2n) is 1.43. The van der Waals surface area contributed by atoms with Gasteiger partial charge in [-0.15, -0.1) is 34.2 Å². The lowest BCUT2D eigenvalue weighted by Gasteiger charge is -1.76. The molecule has 40 valence electrons. The highest BCUT2D eigenvalue weighted by molar-refractivity contribution is 6.35. The van der Waals surface area contributed by atoms with Gasteiger partial charge < -0.3 is 0 Å². The molecule has 0 aromatic rings. The number of rotatable bonds is 3. The van der Waals surface area contributed by atoms with Gasteiger partial charge in [-0.2, -0.15) is 0 Å². The summed E-state index contributed by atoms with van der Waals surface area (Å²) in [5.41, 5.74) is 0. The van der Waals surface area contributed by atoms with Crippen molar-refractivity contribution >= 4 is 32.8 Å². The Morgan fingerprint density at radius 1 is 1.71 bits per heavy atom. The van der Waals surface area contributed by atoms with Gasteiger partial charge in [0.15, 0.2) is 0 Å². The molecule has 0 amide bonds. The molecule has 0 heterocycles. The van der Waals surface area contributed by atoms with Gasteiger partial charge in [-0.1, -0.05) is 6.92 Å². The second-order valence-corrected chi connectivity index (χ2v) is 3.72. The first-order valence-electron chi connectivity index (χ1n) is 2.52. The standard InChI is InChI=1S/C3H5.C2H5.ClH.Mg/c1-3-2;1-2;;/h3H,1-2H2;1H2,2H3;1H;. The van der Waals surface area contributed by atoms with Crippen LogP contribution in [-0.4, -0.2) is 20.4 Å². The first-order valence-corrected chi connectivity index (χ1v) is 4.52. The minimum Gasteiger partial charge on any atom is -0.148 e. The lowest BCUT2D eigenvalue weighted by atomic mass is 10.8. The van der Waals surface area contributed by atoms with Crippen molar-refractivity contribution in [1.29, 1.82) is 0 Å². The maximum Gasteiger partial charge on any atom is 0.369 e. The topological polar surface area (TPSA) is 0 Å². The van der Waals surface area contributed by atoms with Crippen LogP contribution < -0.4 is 0 Å². The Labute approximate surface area is 61.5 Å². The summed E-state index contributed by atoms with van der Waals surface area (Å²) in [6.45, 7) is 5.88. The third kappa shape index (κ3) is 10.8. The highest BCUT2D eigenvalue weighted by Crippen LogP contribution is 1.81. The van der Waals surface area contributed by atoms with Crippen LogP contribution in [0.15, 0.2) is 12.7 Å². The molecule has 0 rings (SSSR count). The maximum atomic E-state index is 3.63. The van der Waals surface area contributed by atoms with Crippen LogP contribution in [0.1, 0.15) is 6.92 Å². The first-order chi connectivity index (χ1) is 2.91. The van der Waals surface area contributed by atoms with Crippen LogP contribution in [0, 0.1) is 0 Å². The molecule has 0 radical (unpaired) electrons. The molecule has 7 heavy (non-hydrogen) atoms. The first kappa shape index (κ1) is 10.7. The predicted molar refractivity (Wildman–Crippen MR) is 38.5 cm³/mol. The van der Waals surface area contributed by atoms with Crippen LogP contribution in [0.2, 0.25) is 9.10 Å². The van der Waals surface area contributed by atoms with E-state index in [1.54, 1.807) is 0 Å². The van der Waals surface area contributed by atoms with E-state index in [4.69, 9.17) is 0 Å². The van der Waals surface area contributed by atoms with Crippen molar-refractivity contribution in [2.45, 2.75) is 16.0 Å². The van der Waals surface area contributed by atoms with Crippen molar-refractivity contribution < 1.29 is 0 Å². The lowest BCUT2D eigenvalue weighted by molar-refractivity contribution is 1.43. The summed E-state index contributed by atoms with van der Waals surface area (Å²) in [6, 6.07) is 0. The van der Waals surface area contributed by atoms with Crippen molar-refractivity contribution in [1.82, 2.24) is 0 Å². The van der Waals surface area contributed by atoms with E-state index in [-0.39, 0.29) is 12.4 Å². The van der Waals surface area contributed by atoms with E-state index < -0.39 is 0 Å². The Hall–Kier alpha value is 0.796. The van der Waals surface area contributed by atoms with Gasteiger partial charge in [-0.3, -0.25) is 0 Å². The van der Waals surface area contributed by atoms with E-state index in [1.807, 2.05) is 6.08 Å². The van der Waals surface area contributed by atoms with E-state index in [9.17, 15) is 0 Å². The molecule has 0 fully saturated rings. The molecule has 0 bridgehead atoms. The Kier molecular flexibility index (Phi) is 15.2. The summed E-state index contributed by atoms with van der Waals surface area (Å²) in [6.07, 6.45) is 2.02. The smallest absolute Gasteiger partial charge is 0.148 e. The van der Waals surface area contributed by atoms with E-state index in [0.29, 0.717) is 20.4 Å². The Morgan fingerprint density at radius 3 is 2.43 bits per heavy atom. The van der Waals surface area contributed by atoms with Gasteiger partial charge in [0.1, 0.15) is 0 Å². The highest BCUT2D eigenvalue weighted by Gasteiger charge is 1.81. The largest absolute Gasteiger partial charge is 0.369 e. The monoisotopic (exact) mass is 130 g/mol. The quantitative estimate of drug-likeness (QED) is 0.312. The number of halogens is 1. The summed E-state index contributed by atoms with van der Waals surface area (Å²) in [4.78, 5) is 0. The minimum absolute atomic E-state index is 0. The van der Waals surface area contributed by atoms with Crippen molar-refractivity contribution in [3.8, 4) is 0 Å². The lowest BCUT2D eigenvalue weighted by Crippen LogP contribution is -1.78. The highest BCUT2D eigenvalue weighted by atomic mass is 35.5. The molecule has 0 spiro atoms. The molecule has 0 atom stereocenters. The van der Waals surface area contributed by atoms with Gasteiger partial charge in [0.05, 0.1) is 0 Å². The van der Waals surface area contributed by atoms with Gasteiger partial charge in [0, 0.05) is 0 Å². The van der Waals surface area contributed by atoms with E-state index in [1.165, 1.54) is 9.10 Å². The summed E-state index contributed by atoms with van der Waals surface area (Å²) in [7, 11) is 0. The van der Waals surface area contributed by atoms with Crippen LogP contribution in [-0.2, 0) is 0 Å². The van der Waals surface area contributed by atoms with Crippen LogP contribution in [0.25, 0.3) is 0 Å². The van der Waals surface area contributed by atoms with Gasteiger partial charge in [-0.25, -0.2) is 0 Å². The zero-order chi connectivity index (χ0) is 4.83. The third-order valence-corrected chi connectivity index (χ3v) is 2.29. The Bertz CT molecular complexity index is 37.1. The van der Waals surface area contributed by atoms with Crippen LogP contribution in [0.4, 0.5) is 0 Å².